The minimum atomic E-state index is -0.344. The molecule has 0 spiro atoms. The van der Waals surface area contributed by atoms with Gasteiger partial charge in [0, 0.05) is 15.9 Å². The smallest absolute Gasteiger partial charge is 0.275 e. The molecule has 0 unspecified atom stereocenters. The van der Waals surface area contributed by atoms with E-state index in [0.29, 0.717) is 10.8 Å². The number of nitrogens with one attached hydrogen (secondary N) is 1. The number of thioether (sulfide) groups is 1. The lowest BCUT2D eigenvalue weighted by molar-refractivity contribution is 0.102. The Morgan fingerprint density at radius 2 is 2.10 bits per heavy atom. The minimum absolute atomic E-state index is 0.188. The van der Waals surface area contributed by atoms with Crippen molar-refractivity contribution in [1.29, 1.82) is 0 Å². The molecular weight excluding hydrogens is 374 g/mol. The number of aromatic nitrogens is 2. The zero-order valence-corrected chi connectivity index (χ0v) is 14.4. The molecule has 0 radical (unpaired) electrons. The van der Waals surface area contributed by atoms with Gasteiger partial charge >= 0.3 is 0 Å². The van der Waals surface area contributed by atoms with E-state index in [0.717, 1.165) is 16.6 Å². The lowest BCUT2D eigenvalue weighted by atomic mass is 10.3. The molecule has 0 saturated heterocycles. The average molecular weight is 387 g/mol. The van der Waals surface area contributed by atoms with Gasteiger partial charge in [-0.05, 0) is 30.7 Å². The first kappa shape index (κ1) is 16.3. The maximum Gasteiger partial charge on any atom is 0.275 e. The van der Waals surface area contributed by atoms with E-state index in [2.05, 4.69) is 38.1 Å². The first-order valence-corrected chi connectivity index (χ1v) is 8.48. The van der Waals surface area contributed by atoms with Crippen molar-refractivity contribution in [2.75, 3.05) is 11.1 Å². The standard InChI is InChI=1S/C14H13BrClN3OS/c1-2-7-21-14-17-8-11(16)12(19-14)13(20)18-10-5-3-9(15)4-6-10/h3-6,8H,2,7H2,1H3,(H,18,20). The van der Waals surface area contributed by atoms with Crippen LogP contribution in [0.2, 0.25) is 5.02 Å². The second kappa shape index (κ2) is 7.77. The first-order chi connectivity index (χ1) is 10.1. The summed E-state index contributed by atoms with van der Waals surface area (Å²) in [6.45, 7) is 2.07. The van der Waals surface area contributed by atoms with Gasteiger partial charge in [0.25, 0.3) is 5.91 Å². The maximum atomic E-state index is 12.2. The summed E-state index contributed by atoms with van der Waals surface area (Å²) >= 11 is 10.9. The molecule has 0 bridgehead atoms. The third kappa shape index (κ3) is 4.69. The third-order valence-electron chi connectivity index (χ3n) is 2.47. The van der Waals surface area contributed by atoms with Crippen LogP contribution >= 0.6 is 39.3 Å². The van der Waals surface area contributed by atoms with Crippen LogP contribution in [-0.2, 0) is 0 Å². The topological polar surface area (TPSA) is 54.9 Å². The predicted molar refractivity (Wildman–Crippen MR) is 90.2 cm³/mol. The molecule has 0 saturated carbocycles. The monoisotopic (exact) mass is 385 g/mol. The molecular formula is C14H13BrClN3OS. The average Bonchev–Trinajstić information content (AvgIpc) is 2.48. The molecule has 0 aliphatic heterocycles. The number of halogens is 2. The molecule has 0 aliphatic rings. The second-order valence-corrected chi connectivity index (χ2v) is 6.54. The van der Waals surface area contributed by atoms with Gasteiger partial charge in [0.2, 0.25) is 0 Å². The molecule has 4 nitrogen and oxygen atoms in total. The molecule has 1 N–H and O–H groups in total. The van der Waals surface area contributed by atoms with Gasteiger partial charge in [-0.2, -0.15) is 0 Å². The molecule has 1 amide bonds. The van der Waals surface area contributed by atoms with Crippen molar-refractivity contribution in [1.82, 2.24) is 9.97 Å². The molecule has 0 fully saturated rings. The van der Waals surface area contributed by atoms with E-state index in [1.54, 1.807) is 12.1 Å². The number of benzene rings is 1. The number of anilines is 1. The van der Waals surface area contributed by atoms with E-state index in [9.17, 15) is 4.79 Å². The Bertz CT molecular complexity index is 637. The lowest BCUT2D eigenvalue weighted by Crippen LogP contribution is -2.15. The Labute approximate surface area is 140 Å². The van der Waals surface area contributed by atoms with Gasteiger partial charge in [0.1, 0.15) is 0 Å². The molecule has 1 heterocycles. The normalized spacial score (nSPS) is 10.4. The summed E-state index contributed by atoms with van der Waals surface area (Å²) in [5.41, 5.74) is 0.869. The SMILES string of the molecule is CCCSc1ncc(Cl)c(C(=O)Nc2ccc(Br)cc2)n1. The highest BCUT2D eigenvalue weighted by molar-refractivity contribution is 9.10. The number of rotatable bonds is 5. The van der Waals surface area contributed by atoms with Gasteiger partial charge in [0.15, 0.2) is 10.9 Å². The van der Waals surface area contributed by atoms with Gasteiger partial charge in [-0.25, -0.2) is 9.97 Å². The van der Waals surface area contributed by atoms with Crippen molar-refractivity contribution >= 4 is 50.9 Å². The van der Waals surface area contributed by atoms with Crippen molar-refractivity contribution in [2.45, 2.75) is 18.5 Å². The predicted octanol–water partition coefficient (Wildman–Crippen LogP) is 4.65. The Hall–Kier alpha value is -1.11. The number of hydrogen-bond donors (Lipinski definition) is 1. The Balaban J connectivity index is 2.15. The first-order valence-electron chi connectivity index (χ1n) is 6.32. The van der Waals surface area contributed by atoms with Crippen molar-refractivity contribution in [3.63, 3.8) is 0 Å². The maximum absolute atomic E-state index is 12.2. The molecule has 0 atom stereocenters. The summed E-state index contributed by atoms with van der Waals surface area (Å²) < 4.78 is 0.943. The Morgan fingerprint density at radius 3 is 2.76 bits per heavy atom. The van der Waals surface area contributed by atoms with Crippen LogP contribution in [0, 0.1) is 0 Å². The summed E-state index contributed by atoms with van der Waals surface area (Å²) in [7, 11) is 0. The highest BCUT2D eigenvalue weighted by atomic mass is 79.9. The fourth-order valence-corrected chi connectivity index (χ4v) is 2.61. The summed E-state index contributed by atoms with van der Waals surface area (Å²) in [5.74, 6) is 0.554. The van der Waals surface area contributed by atoms with Crippen LogP contribution in [0.5, 0.6) is 0 Å². The van der Waals surface area contributed by atoms with E-state index < -0.39 is 0 Å². The van der Waals surface area contributed by atoms with Crippen molar-refractivity contribution in [2.24, 2.45) is 0 Å². The molecule has 2 aromatic rings. The van der Waals surface area contributed by atoms with E-state index >= 15 is 0 Å². The van der Waals surface area contributed by atoms with Crippen LogP contribution in [0.3, 0.4) is 0 Å². The van der Waals surface area contributed by atoms with E-state index in [1.165, 1.54) is 18.0 Å². The molecule has 110 valence electrons. The molecule has 1 aromatic carbocycles. The van der Waals surface area contributed by atoms with Crippen LogP contribution in [0.4, 0.5) is 5.69 Å². The van der Waals surface area contributed by atoms with Crippen LogP contribution in [0.25, 0.3) is 0 Å². The molecule has 1 aromatic heterocycles. The summed E-state index contributed by atoms with van der Waals surface area (Å²) in [6, 6.07) is 7.28. The summed E-state index contributed by atoms with van der Waals surface area (Å²) in [4.78, 5) is 20.6. The van der Waals surface area contributed by atoms with Crippen LogP contribution in [0.15, 0.2) is 40.1 Å². The van der Waals surface area contributed by atoms with E-state index in [-0.39, 0.29) is 16.6 Å². The third-order valence-corrected chi connectivity index (χ3v) is 4.35. The molecule has 7 heteroatoms. The molecule has 21 heavy (non-hydrogen) atoms. The summed E-state index contributed by atoms with van der Waals surface area (Å²) in [5, 5.41) is 3.56. The van der Waals surface area contributed by atoms with Gasteiger partial charge in [-0.1, -0.05) is 46.2 Å². The second-order valence-electron chi connectivity index (χ2n) is 4.16. The van der Waals surface area contributed by atoms with Gasteiger partial charge in [-0.3, -0.25) is 4.79 Å². The quantitative estimate of drug-likeness (QED) is 0.600. The zero-order valence-electron chi connectivity index (χ0n) is 11.3. The van der Waals surface area contributed by atoms with Crippen molar-refractivity contribution < 1.29 is 4.79 Å². The summed E-state index contributed by atoms with van der Waals surface area (Å²) in [6.07, 6.45) is 2.47. The fourth-order valence-electron chi connectivity index (χ4n) is 1.50. The molecule has 2 rings (SSSR count). The van der Waals surface area contributed by atoms with Gasteiger partial charge < -0.3 is 5.32 Å². The largest absolute Gasteiger partial charge is 0.321 e. The fraction of sp³-hybridized carbons (Fsp3) is 0.214. The molecule has 0 aliphatic carbocycles. The van der Waals surface area contributed by atoms with Crippen LogP contribution in [-0.4, -0.2) is 21.6 Å². The van der Waals surface area contributed by atoms with E-state index in [1.807, 2.05) is 12.1 Å². The number of hydrogen-bond acceptors (Lipinski definition) is 4. The minimum Gasteiger partial charge on any atom is -0.321 e. The number of nitrogens with zero attached hydrogens (tertiary/aromatic N) is 2. The highest BCUT2D eigenvalue weighted by Crippen LogP contribution is 2.20. The zero-order chi connectivity index (χ0) is 15.2. The Kier molecular flexibility index (Phi) is 6.02. The van der Waals surface area contributed by atoms with Crippen LogP contribution in [0.1, 0.15) is 23.8 Å². The van der Waals surface area contributed by atoms with E-state index in [4.69, 9.17) is 11.6 Å². The van der Waals surface area contributed by atoms with Crippen molar-refractivity contribution in [3.8, 4) is 0 Å². The number of amides is 1. The van der Waals surface area contributed by atoms with Crippen molar-refractivity contribution in [3.05, 3.63) is 45.7 Å². The van der Waals surface area contributed by atoms with Gasteiger partial charge in [0.05, 0.1) is 11.2 Å². The Morgan fingerprint density at radius 1 is 1.38 bits per heavy atom. The van der Waals surface area contributed by atoms with Gasteiger partial charge in [-0.15, -0.1) is 0 Å². The highest BCUT2D eigenvalue weighted by Gasteiger charge is 2.14. The lowest BCUT2D eigenvalue weighted by Gasteiger charge is -2.07. The number of carbonyl (C=O) groups excluding carboxylic acids is 1. The number of carbonyl (C=O) groups is 1. The van der Waals surface area contributed by atoms with Crippen LogP contribution < -0.4 is 5.32 Å².